The van der Waals surface area contributed by atoms with E-state index in [0.29, 0.717) is 25.2 Å². The molecule has 0 saturated carbocycles. The molecule has 1 unspecified atom stereocenters. The molecule has 1 aliphatic heterocycles. The van der Waals surface area contributed by atoms with Crippen molar-refractivity contribution in [2.75, 3.05) is 11.9 Å². The molecule has 1 aromatic carbocycles. The maximum Gasteiger partial charge on any atom is 0.322 e. The fourth-order valence-electron chi connectivity index (χ4n) is 2.84. The molecule has 2 N–H and O–H groups in total. The number of aryl methyl sites for hydroxylation is 1. The van der Waals surface area contributed by atoms with Crippen LogP contribution in [0.25, 0.3) is 0 Å². The van der Waals surface area contributed by atoms with Gasteiger partial charge in [0, 0.05) is 17.6 Å². The molecule has 1 saturated heterocycles. The quantitative estimate of drug-likeness (QED) is 0.829. The third-order valence-electron chi connectivity index (χ3n) is 4.10. The average Bonchev–Trinajstić information content (AvgIpc) is 3.25. The van der Waals surface area contributed by atoms with E-state index in [-0.39, 0.29) is 10.9 Å². The number of thiazole rings is 1. The first-order chi connectivity index (χ1) is 12.4. The van der Waals surface area contributed by atoms with Gasteiger partial charge < -0.3 is 15.5 Å². The zero-order valence-electron chi connectivity index (χ0n) is 14.1. The summed E-state index contributed by atoms with van der Waals surface area (Å²) in [6.45, 7) is 2.72. The highest BCUT2D eigenvalue weighted by Crippen LogP contribution is 2.22. The molecule has 1 atom stereocenters. The van der Waals surface area contributed by atoms with Crippen molar-refractivity contribution in [3.05, 3.63) is 45.1 Å². The van der Waals surface area contributed by atoms with Gasteiger partial charge in [0.1, 0.15) is 11.9 Å². The van der Waals surface area contributed by atoms with Gasteiger partial charge in [0.05, 0.1) is 22.3 Å². The molecule has 2 heterocycles. The summed E-state index contributed by atoms with van der Waals surface area (Å²) in [5.41, 5.74) is 1.18. The van der Waals surface area contributed by atoms with Crippen LogP contribution >= 0.6 is 22.9 Å². The summed E-state index contributed by atoms with van der Waals surface area (Å²) in [5, 5.41) is 8.25. The Hall–Kier alpha value is -2.19. The second-order valence-corrected chi connectivity index (χ2v) is 7.46. The molecule has 9 heteroatoms. The van der Waals surface area contributed by atoms with Gasteiger partial charge in [0.25, 0.3) is 0 Å². The van der Waals surface area contributed by atoms with Crippen molar-refractivity contribution in [1.82, 2.24) is 15.2 Å². The van der Waals surface area contributed by atoms with Gasteiger partial charge in [-0.15, -0.1) is 11.3 Å². The summed E-state index contributed by atoms with van der Waals surface area (Å²) in [6, 6.07) is 3.00. The van der Waals surface area contributed by atoms with Gasteiger partial charge in [0.2, 0.25) is 5.91 Å². The first-order valence-corrected chi connectivity index (χ1v) is 9.41. The van der Waals surface area contributed by atoms with E-state index in [9.17, 15) is 14.0 Å². The number of nitrogens with one attached hydrogen (secondary N) is 2. The molecule has 1 aliphatic rings. The molecule has 1 fully saturated rings. The lowest BCUT2D eigenvalue weighted by Gasteiger charge is -2.24. The topological polar surface area (TPSA) is 74.3 Å². The lowest BCUT2D eigenvalue weighted by atomic mass is 10.2. The van der Waals surface area contributed by atoms with E-state index in [1.807, 2.05) is 12.3 Å². The van der Waals surface area contributed by atoms with Gasteiger partial charge in [-0.1, -0.05) is 11.6 Å². The third kappa shape index (κ3) is 4.31. The Kier molecular flexibility index (Phi) is 5.73. The first kappa shape index (κ1) is 18.6. The van der Waals surface area contributed by atoms with Crippen LogP contribution in [-0.4, -0.2) is 34.4 Å². The molecule has 3 rings (SSSR count). The van der Waals surface area contributed by atoms with Crippen LogP contribution in [0.3, 0.4) is 0 Å². The smallest absolute Gasteiger partial charge is 0.322 e. The van der Waals surface area contributed by atoms with Crippen molar-refractivity contribution in [2.24, 2.45) is 0 Å². The number of benzene rings is 1. The van der Waals surface area contributed by atoms with Crippen molar-refractivity contribution < 1.29 is 14.0 Å². The van der Waals surface area contributed by atoms with Gasteiger partial charge in [0.15, 0.2) is 0 Å². The van der Waals surface area contributed by atoms with Crippen LogP contribution in [0.4, 0.5) is 14.9 Å². The number of hydrogen-bond donors (Lipinski definition) is 2. The number of likely N-dealkylation sites (tertiary alicyclic amines) is 1. The van der Waals surface area contributed by atoms with Crippen molar-refractivity contribution in [2.45, 2.75) is 32.4 Å². The summed E-state index contributed by atoms with van der Waals surface area (Å²) < 4.78 is 13.2. The minimum atomic E-state index is -0.555. The highest BCUT2D eigenvalue weighted by atomic mass is 35.5. The van der Waals surface area contributed by atoms with Crippen LogP contribution in [0, 0.1) is 12.7 Å². The number of urea groups is 1. The highest BCUT2D eigenvalue weighted by molar-refractivity contribution is 7.09. The lowest BCUT2D eigenvalue weighted by Crippen LogP contribution is -2.47. The van der Waals surface area contributed by atoms with E-state index >= 15 is 0 Å². The summed E-state index contributed by atoms with van der Waals surface area (Å²) >= 11 is 7.25. The number of carbonyl (C=O) groups is 2. The summed E-state index contributed by atoms with van der Waals surface area (Å²) in [7, 11) is 0. The highest BCUT2D eigenvalue weighted by Gasteiger charge is 2.34. The maximum atomic E-state index is 13.2. The standard InChI is InChI=1S/C17H18ClFN4O2S/c1-10-21-12(9-26-10)8-20-16(24)15-3-2-6-23(15)17(25)22-11-4-5-14(19)13(18)7-11/h4-5,7,9,15H,2-3,6,8H2,1H3,(H,20,24)(H,22,25). The fourth-order valence-corrected chi connectivity index (χ4v) is 3.63. The number of amides is 3. The van der Waals surface area contributed by atoms with E-state index < -0.39 is 17.9 Å². The van der Waals surface area contributed by atoms with E-state index in [4.69, 9.17) is 11.6 Å². The van der Waals surface area contributed by atoms with Crippen LogP contribution in [0.5, 0.6) is 0 Å². The van der Waals surface area contributed by atoms with Crippen molar-refractivity contribution in [3.63, 3.8) is 0 Å². The maximum absolute atomic E-state index is 13.2. The van der Waals surface area contributed by atoms with Gasteiger partial charge in [-0.2, -0.15) is 0 Å². The van der Waals surface area contributed by atoms with Crippen molar-refractivity contribution in [1.29, 1.82) is 0 Å². The molecule has 138 valence electrons. The molecule has 2 aromatic rings. The zero-order chi connectivity index (χ0) is 18.7. The number of halogens is 2. The molecule has 0 aliphatic carbocycles. The molecule has 1 aromatic heterocycles. The van der Waals surface area contributed by atoms with Crippen LogP contribution in [-0.2, 0) is 11.3 Å². The van der Waals surface area contributed by atoms with Crippen molar-refractivity contribution >= 4 is 40.6 Å². The molecular formula is C17H18ClFN4O2S. The average molecular weight is 397 g/mol. The zero-order valence-corrected chi connectivity index (χ0v) is 15.7. The van der Waals surface area contributed by atoms with E-state index in [1.165, 1.54) is 34.4 Å². The van der Waals surface area contributed by atoms with E-state index in [1.54, 1.807) is 0 Å². The summed E-state index contributed by atoms with van der Waals surface area (Å²) in [6.07, 6.45) is 1.34. The predicted octanol–water partition coefficient (Wildman–Crippen LogP) is 3.56. The van der Waals surface area contributed by atoms with Crippen LogP contribution in [0.2, 0.25) is 5.02 Å². The minimum absolute atomic E-state index is 0.0722. The Morgan fingerprint density at radius 3 is 2.96 bits per heavy atom. The molecular weight excluding hydrogens is 379 g/mol. The van der Waals surface area contributed by atoms with Crippen molar-refractivity contribution in [3.8, 4) is 0 Å². The van der Waals surface area contributed by atoms with Gasteiger partial charge in [-0.05, 0) is 38.0 Å². The fraction of sp³-hybridized carbons (Fsp3) is 0.353. The lowest BCUT2D eigenvalue weighted by molar-refractivity contribution is -0.124. The second-order valence-electron chi connectivity index (χ2n) is 5.99. The molecule has 0 spiro atoms. The molecule has 3 amide bonds. The summed E-state index contributed by atoms with van der Waals surface area (Å²) in [4.78, 5) is 30.7. The number of carbonyl (C=O) groups excluding carboxylic acids is 2. The Morgan fingerprint density at radius 1 is 1.46 bits per heavy atom. The number of hydrogen-bond acceptors (Lipinski definition) is 4. The second kappa shape index (κ2) is 8.01. The molecule has 6 nitrogen and oxygen atoms in total. The molecule has 26 heavy (non-hydrogen) atoms. The Labute approximate surface area is 159 Å². The molecule has 0 radical (unpaired) electrons. The van der Waals surface area contributed by atoms with Crippen LogP contribution < -0.4 is 10.6 Å². The Morgan fingerprint density at radius 2 is 2.27 bits per heavy atom. The van der Waals surface area contributed by atoms with Gasteiger partial charge in [-0.25, -0.2) is 14.2 Å². The van der Waals surface area contributed by atoms with Gasteiger partial charge in [-0.3, -0.25) is 4.79 Å². The van der Waals surface area contributed by atoms with Gasteiger partial charge >= 0.3 is 6.03 Å². The Balaban J connectivity index is 1.60. The first-order valence-electron chi connectivity index (χ1n) is 8.15. The normalized spacial score (nSPS) is 16.6. The Bertz CT molecular complexity index is 829. The monoisotopic (exact) mass is 396 g/mol. The van der Waals surface area contributed by atoms with E-state index in [2.05, 4.69) is 15.6 Å². The number of anilines is 1. The molecule has 0 bridgehead atoms. The number of aromatic nitrogens is 1. The summed E-state index contributed by atoms with van der Waals surface area (Å²) in [5.74, 6) is -0.763. The minimum Gasteiger partial charge on any atom is -0.349 e. The SMILES string of the molecule is Cc1nc(CNC(=O)C2CCCN2C(=O)Nc2ccc(F)c(Cl)c2)cs1. The third-order valence-corrected chi connectivity index (χ3v) is 5.21. The van der Waals surface area contributed by atoms with E-state index in [0.717, 1.165) is 17.1 Å². The van der Waals surface area contributed by atoms with Crippen LogP contribution in [0.1, 0.15) is 23.5 Å². The number of rotatable bonds is 4. The largest absolute Gasteiger partial charge is 0.349 e. The number of nitrogens with zero attached hydrogens (tertiary/aromatic N) is 2. The van der Waals surface area contributed by atoms with Crippen LogP contribution in [0.15, 0.2) is 23.6 Å². The predicted molar refractivity (Wildman–Crippen MR) is 98.9 cm³/mol.